The third kappa shape index (κ3) is 14.8. The van der Waals surface area contributed by atoms with Crippen LogP contribution in [0.3, 0.4) is 0 Å². The molecule has 0 fully saturated rings. The summed E-state index contributed by atoms with van der Waals surface area (Å²) in [6, 6.07) is 7.94. The molecule has 2 nitrogen and oxygen atoms in total. The average Bonchev–Trinajstić information content (AvgIpc) is 2.69. The predicted octanol–water partition coefficient (Wildman–Crippen LogP) is 9.08. The van der Waals surface area contributed by atoms with E-state index < -0.39 is 0 Å². The van der Waals surface area contributed by atoms with Crippen molar-refractivity contribution in [2.75, 3.05) is 0 Å². The van der Waals surface area contributed by atoms with Crippen molar-refractivity contribution in [3.8, 4) is 5.75 Å². The molecule has 0 saturated carbocycles. The summed E-state index contributed by atoms with van der Waals surface area (Å²) in [6.45, 7) is 2.29. The van der Waals surface area contributed by atoms with Crippen LogP contribution in [0.5, 0.6) is 5.75 Å². The molecule has 1 aromatic carbocycles. The number of unbranched alkanes of at least 4 members (excludes halogenated alkanes) is 15. The van der Waals surface area contributed by atoms with Crippen LogP contribution in [0, 0.1) is 0 Å². The van der Waals surface area contributed by atoms with Gasteiger partial charge >= 0.3 is 8.69 Å². The van der Waals surface area contributed by atoms with Crippen LogP contribution in [-0.2, 0) is 11.0 Å². The first kappa shape index (κ1) is 24.2. The topological polar surface area (TPSA) is 26.3 Å². The van der Waals surface area contributed by atoms with Crippen LogP contribution in [0.1, 0.15) is 115 Å². The highest BCUT2D eigenvalue weighted by Crippen LogP contribution is 2.18. The molecule has 0 amide bonds. The summed E-state index contributed by atoms with van der Waals surface area (Å²) in [5.41, 5.74) is 1.34. The molecule has 1 aromatic rings. The van der Waals surface area contributed by atoms with Crippen molar-refractivity contribution in [1.82, 2.24) is 0 Å². The lowest BCUT2D eigenvalue weighted by Crippen LogP contribution is -1.87. The summed E-state index contributed by atoms with van der Waals surface area (Å²) >= 11 is 0. The van der Waals surface area contributed by atoms with Crippen LogP contribution in [-0.4, -0.2) is 0 Å². The van der Waals surface area contributed by atoms with E-state index in [4.69, 9.17) is 4.52 Å². The van der Waals surface area contributed by atoms with Crippen molar-refractivity contribution in [1.29, 1.82) is 0 Å². The molecule has 0 heterocycles. The van der Waals surface area contributed by atoms with Crippen molar-refractivity contribution in [3.05, 3.63) is 29.8 Å². The van der Waals surface area contributed by atoms with Gasteiger partial charge < -0.3 is 4.52 Å². The molecule has 0 aliphatic carbocycles. The second kappa shape index (κ2) is 18.5. The highest BCUT2D eigenvalue weighted by molar-refractivity contribution is 7.17. The van der Waals surface area contributed by atoms with Crippen molar-refractivity contribution in [2.45, 2.75) is 116 Å². The van der Waals surface area contributed by atoms with E-state index in [2.05, 4.69) is 19.1 Å². The number of aryl methyl sites for hydroxylation is 1. The lowest BCUT2D eigenvalue weighted by molar-refractivity contribution is 0.525. The molecule has 27 heavy (non-hydrogen) atoms. The fraction of sp³-hybridized carbons (Fsp3) is 0.750. The van der Waals surface area contributed by atoms with Crippen molar-refractivity contribution in [3.63, 3.8) is 0 Å². The second-order valence-electron chi connectivity index (χ2n) is 7.86. The quantitative estimate of drug-likeness (QED) is 0.173. The highest BCUT2D eigenvalue weighted by Gasteiger charge is 1.97. The van der Waals surface area contributed by atoms with Crippen LogP contribution >= 0.6 is 8.69 Å². The molecule has 0 aliphatic rings. The molecular formula is C24H41O2P. The first-order valence-electron chi connectivity index (χ1n) is 11.5. The Hall–Kier alpha value is -0.880. The standard InChI is InChI=1S/C24H41O2P/c1-2-3-4-5-6-7-8-9-10-11-12-13-14-15-16-17-18-23-19-21-24(22-20-23)26-27-25/h19-22H,2-18H2,1H3. The normalized spacial score (nSPS) is 11.1. The van der Waals surface area contributed by atoms with Gasteiger partial charge in [0.2, 0.25) is 0 Å². The minimum Gasteiger partial charge on any atom is -0.408 e. The van der Waals surface area contributed by atoms with E-state index in [9.17, 15) is 4.57 Å². The van der Waals surface area contributed by atoms with E-state index in [-0.39, 0.29) is 8.69 Å². The Morgan fingerprint density at radius 3 is 1.44 bits per heavy atom. The van der Waals surface area contributed by atoms with Gasteiger partial charge in [0.25, 0.3) is 0 Å². The fourth-order valence-electron chi connectivity index (χ4n) is 3.64. The van der Waals surface area contributed by atoms with Crippen LogP contribution < -0.4 is 4.52 Å². The van der Waals surface area contributed by atoms with Gasteiger partial charge in [-0.25, -0.2) is 4.57 Å². The van der Waals surface area contributed by atoms with Crippen molar-refractivity contribution < 1.29 is 9.09 Å². The lowest BCUT2D eigenvalue weighted by Gasteiger charge is -2.04. The van der Waals surface area contributed by atoms with Crippen LogP contribution in [0.15, 0.2) is 24.3 Å². The number of rotatable bonds is 19. The number of hydrogen-bond donors (Lipinski definition) is 0. The SMILES string of the molecule is CCCCCCCCCCCCCCCCCCc1ccc(OP=O)cc1. The zero-order valence-corrected chi connectivity index (χ0v) is 18.5. The maximum Gasteiger partial charge on any atom is 0.395 e. The predicted molar refractivity (Wildman–Crippen MR) is 118 cm³/mol. The van der Waals surface area contributed by atoms with E-state index in [0.717, 1.165) is 6.42 Å². The molecule has 1 rings (SSSR count). The Labute approximate surface area is 169 Å². The zero-order valence-electron chi connectivity index (χ0n) is 17.6. The number of hydrogen-bond acceptors (Lipinski definition) is 2. The summed E-state index contributed by atoms with van der Waals surface area (Å²) in [6.07, 6.45) is 23.7. The molecule has 0 radical (unpaired) electrons. The first-order chi connectivity index (χ1) is 13.4. The fourth-order valence-corrected chi connectivity index (χ4v) is 3.85. The summed E-state index contributed by atoms with van der Waals surface area (Å²) in [5.74, 6) is 0.669. The van der Waals surface area contributed by atoms with Gasteiger partial charge in [-0.3, -0.25) is 0 Å². The zero-order chi connectivity index (χ0) is 19.4. The van der Waals surface area contributed by atoms with Gasteiger partial charge in [-0.2, -0.15) is 0 Å². The molecule has 0 atom stereocenters. The van der Waals surface area contributed by atoms with Crippen LogP contribution in [0.2, 0.25) is 0 Å². The van der Waals surface area contributed by atoms with E-state index in [0.29, 0.717) is 5.75 Å². The third-order valence-electron chi connectivity index (χ3n) is 5.39. The second-order valence-corrected chi connectivity index (χ2v) is 8.19. The summed E-state index contributed by atoms with van der Waals surface area (Å²) in [4.78, 5) is 0. The van der Waals surface area contributed by atoms with Gasteiger partial charge in [0.1, 0.15) is 5.75 Å². The molecule has 0 unspecified atom stereocenters. The maximum atomic E-state index is 10.4. The minimum atomic E-state index is -0.284. The van der Waals surface area contributed by atoms with Gasteiger partial charge in [0.05, 0.1) is 0 Å². The Balaban J connectivity index is 1.79. The molecule has 3 heteroatoms. The largest absolute Gasteiger partial charge is 0.408 e. The van der Waals surface area contributed by atoms with Crippen molar-refractivity contribution >= 4 is 8.69 Å². The molecular weight excluding hydrogens is 351 g/mol. The monoisotopic (exact) mass is 392 g/mol. The van der Waals surface area contributed by atoms with E-state index in [1.165, 1.54) is 108 Å². The average molecular weight is 393 g/mol. The summed E-state index contributed by atoms with van der Waals surface area (Å²) < 4.78 is 15.3. The van der Waals surface area contributed by atoms with Gasteiger partial charge in [-0.15, -0.1) is 0 Å². The maximum absolute atomic E-state index is 10.4. The highest BCUT2D eigenvalue weighted by atomic mass is 31.1. The molecule has 0 spiro atoms. The van der Waals surface area contributed by atoms with Gasteiger partial charge in [0, 0.05) is 0 Å². The molecule has 0 bridgehead atoms. The lowest BCUT2D eigenvalue weighted by atomic mass is 10.0. The Morgan fingerprint density at radius 1 is 0.630 bits per heavy atom. The van der Waals surface area contributed by atoms with Crippen molar-refractivity contribution in [2.24, 2.45) is 0 Å². The number of benzene rings is 1. The molecule has 0 N–H and O–H groups in total. The van der Waals surface area contributed by atoms with E-state index >= 15 is 0 Å². The van der Waals surface area contributed by atoms with Gasteiger partial charge in [-0.1, -0.05) is 115 Å². The molecule has 154 valence electrons. The first-order valence-corrected chi connectivity index (χ1v) is 12.2. The molecule has 0 saturated heterocycles. The Morgan fingerprint density at radius 2 is 1.04 bits per heavy atom. The van der Waals surface area contributed by atoms with E-state index in [1.54, 1.807) is 0 Å². The Kier molecular flexibility index (Phi) is 16.5. The smallest absolute Gasteiger partial charge is 0.395 e. The van der Waals surface area contributed by atoms with Gasteiger partial charge in [-0.05, 0) is 30.5 Å². The van der Waals surface area contributed by atoms with Gasteiger partial charge in [0.15, 0.2) is 0 Å². The summed E-state index contributed by atoms with van der Waals surface area (Å²) in [5, 5.41) is 0. The summed E-state index contributed by atoms with van der Waals surface area (Å²) in [7, 11) is -0.284. The minimum absolute atomic E-state index is 0.284. The molecule has 0 aromatic heterocycles. The van der Waals surface area contributed by atoms with E-state index in [1.807, 2.05) is 12.1 Å². The Bertz CT molecular complexity index is 444. The van der Waals surface area contributed by atoms with Crippen LogP contribution in [0.4, 0.5) is 0 Å². The third-order valence-corrected chi connectivity index (χ3v) is 5.67. The van der Waals surface area contributed by atoms with Crippen LogP contribution in [0.25, 0.3) is 0 Å². The molecule has 0 aliphatic heterocycles.